The van der Waals surface area contributed by atoms with E-state index in [0.717, 1.165) is 16.8 Å². The second kappa shape index (κ2) is 6.41. The molecule has 0 aliphatic carbocycles. The molecule has 4 heteroatoms. The Labute approximate surface area is 118 Å². The molecule has 0 atom stereocenters. The molecule has 0 heterocycles. The average Bonchev–Trinajstić information content (AvgIpc) is 2.53. The van der Waals surface area contributed by atoms with Crippen LogP contribution in [0.2, 0.25) is 0 Å². The molecule has 20 heavy (non-hydrogen) atoms. The maximum Gasteiger partial charge on any atom is 0.128 e. The first kappa shape index (κ1) is 13.7. The van der Waals surface area contributed by atoms with Crippen LogP contribution in [-0.2, 0) is 0 Å². The number of hydrogen-bond donors (Lipinski definition) is 2. The number of nitrogens with two attached hydrogens (primary N) is 1. The standard InChI is InChI=1S/C16H15N3O/c1-20-16-10-15(19-18)8-7-13(16)9-14(11-17)12-5-3-2-4-6-12/h2-10,19H,18H2,1H3/b14-9+. The first-order valence-electron chi connectivity index (χ1n) is 6.10. The van der Waals surface area contributed by atoms with E-state index in [0.29, 0.717) is 11.3 Å². The molecule has 0 spiro atoms. The van der Waals surface area contributed by atoms with Gasteiger partial charge < -0.3 is 10.2 Å². The van der Waals surface area contributed by atoms with Gasteiger partial charge in [-0.3, -0.25) is 5.84 Å². The van der Waals surface area contributed by atoms with Gasteiger partial charge in [-0.1, -0.05) is 30.3 Å². The largest absolute Gasteiger partial charge is 0.496 e. The Bertz CT molecular complexity index is 657. The van der Waals surface area contributed by atoms with Gasteiger partial charge in [0.1, 0.15) is 5.75 Å². The van der Waals surface area contributed by atoms with Crippen molar-refractivity contribution in [2.75, 3.05) is 12.5 Å². The molecule has 0 aliphatic rings. The number of methoxy groups -OCH3 is 1. The number of benzene rings is 2. The highest BCUT2D eigenvalue weighted by molar-refractivity contribution is 5.90. The maximum absolute atomic E-state index is 9.31. The summed E-state index contributed by atoms with van der Waals surface area (Å²) >= 11 is 0. The van der Waals surface area contributed by atoms with Crippen molar-refractivity contribution in [3.05, 3.63) is 59.7 Å². The van der Waals surface area contributed by atoms with Crippen LogP contribution >= 0.6 is 0 Å². The van der Waals surface area contributed by atoms with Crippen LogP contribution in [-0.4, -0.2) is 7.11 Å². The van der Waals surface area contributed by atoms with Gasteiger partial charge in [-0.2, -0.15) is 5.26 Å². The van der Waals surface area contributed by atoms with Gasteiger partial charge >= 0.3 is 0 Å². The highest BCUT2D eigenvalue weighted by Gasteiger charge is 2.05. The fourth-order valence-corrected chi connectivity index (χ4v) is 1.87. The van der Waals surface area contributed by atoms with Gasteiger partial charge in [0.05, 0.1) is 24.4 Å². The number of nitrogens with zero attached hydrogens (tertiary/aromatic N) is 1. The number of nitriles is 1. The third kappa shape index (κ3) is 2.97. The third-order valence-corrected chi connectivity index (χ3v) is 2.91. The van der Waals surface area contributed by atoms with Gasteiger partial charge in [0, 0.05) is 11.6 Å². The molecule has 2 aromatic rings. The Morgan fingerprint density at radius 2 is 2.00 bits per heavy atom. The topological polar surface area (TPSA) is 71.1 Å². The van der Waals surface area contributed by atoms with Crippen molar-refractivity contribution in [1.29, 1.82) is 5.26 Å². The quantitative estimate of drug-likeness (QED) is 0.386. The minimum atomic E-state index is 0.581. The summed E-state index contributed by atoms with van der Waals surface area (Å²) in [6.45, 7) is 0. The van der Waals surface area contributed by atoms with E-state index < -0.39 is 0 Å². The van der Waals surface area contributed by atoms with Crippen molar-refractivity contribution >= 4 is 17.3 Å². The Kier molecular flexibility index (Phi) is 4.38. The third-order valence-electron chi connectivity index (χ3n) is 2.91. The zero-order chi connectivity index (χ0) is 14.4. The molecule has 2 rings (SSSR count). The maximum atomic E-state index is 9.31. The summed E-state index contributed by atoms with van der Waals surface area (Å²) in [5, 5.41) is 9.31. The second-order valence-corrected chi connectivity index (χ2v) is 4.14. The van der Waals surface area contributed by atoms with Crippen LogP contribution in [0.5, 0.6) is 5.75 Å². The van der Waals surface area contributed by atoms with Crippen LogP contribution in [0.25, 0.3) is 11.6 Å². The average molecular weight is 265 g/mol. The number of nitrogens with one attached hydrogen (secondary N) is 1. The number of nitrogen functional groups attached to an aromatic ring is 1. The first-order chi connectivity index (χ1) is 9.78. The van der Waals surface area contributed by atoms with Crippen molar-refractivity contribution in [3.63, 3.8) is 0 Å². The molecule has 0 unspecified atom stereocenters. The molecule has 0 fully saturated rings. The molecule has 0 bridgehead atoms. The lowest BCUT2D eigenvalue weighted by Gasteiger charge is -2.08. The van der Waals surface area contributed by atoms with Gasteiger partial charge in [0.25, 0.3) is 0 Å². The number of hydrogen-bond acceptors (Lipinski definition) is 4. The Morgan fingerprint density at radius 1 is 1.25 bits per heavy atom. The lowest BCUT2D eigenvalue weighted by Crippen LogP contribution is -2.06. The minimum absolute atomic E-state index is 0.581. The van der Waals surface area contributed by atoms with E-state index in [-0.39, 0.29) is 0 Å². The molecule has 0 aliphatic heterocycles. The van der Waals surface area contributed by atoms with Crippen LogP contribution in [0, 0.1) is 11.3 Å². The monoisotopic (exact) mass is 265 g/mol. The fraction of sp³-hybridized carbons (Fsp3) is 0.0625. The van der Waals surface area contributed by atoms with E-state index >= 15 is 0 Å². The van der Waals surface area contributed by atoms with E-state index in [1.54, 1.807) is 19.3 Å². The normalized spacial score (nSPS) is 10.8. The summed E-state index contributed by atoms with van der Waals surface area (Å²) in [4.78, 5) is 0. The molecule has 4 nitrogen and oxygen atoms in total. The second-order valence-electron chi connectivity index (χ2n) is 4.14. The smallest absolute Gasteiger partial charge is 0.128 e. The predicted molar refractivity (Wildman–Crippen MR) is 80.7 cm³/mol. The van der Waals surface area contributed by atoms with Crippen molar-refractivity contribution < 1.29 is 4.74 Å². The van der Waals surface area contributed by atoms with E-state index in [4.69, 9.17) is 10.6 Å². The van der Waals surface area contributed by atoms with Crippen molar-refractivity contribution in [2.45, 2.75) is 0 Å². The Balaban J connectivity index is 2.46. The van der Waals surface area contributed by atoms with Crippen LogP contribution in [0.4, 0.5) is 5.69 Å². The Morgan fingerprint density at radius 3 is 2.60 bits per heavy atom. The predicted octanol–water partition coefficient (Wildman–Crippen LogP) is 3.04. The summed E-state index contributed by atoms with van der Waals surface area (Å²) in [7, 11) is 1.58. The Hall–Kier alpha value is -2.77. The fourth-order valence-electron chi connectivity index (χ4n) is 1.87. The van der Waals surface area contributed by atoms with Crippen LogP contribution in [0.15, 0.2) is 48.5 Å². The number of ether oxygens (including phenoxy) is 1. The summed E-state index contributed by atoms with van der Waals surface area (Å²) in [5.74, 6) is 6.03. The van der Waals surface area contributed by atoms with Gasteiger partial charge in [-0.05, 0) is 23.8 Å². The molecule has 0 aromatic heterocycles. The number of hydrazine groups is 1. The summed E-state index contributed by atoms with van der Waals surface area (Å²) in [6, 6.07) is 17.2. The van der Waals surface area contributed by atoms with Crippen molar-refractivity contribution in [2.24, 2.45) is 5.84 Å². The molecule has 0 saturated carbocycles. The number of allylic oxidation sites excluding steroid dienone is 1. The van der Waals surface area contributed by atoms with Crippen LogP contribution in [0.1, 0.15) is 11.1 Å². The summed E-state index contributed by atoms with van der Waals surface area (Å²) in [5.41, 5.74) is 5.59. The van der Waals surface area contributed by atoms with Gasteiger partial charge in [-0.15, -0.1) is 0 Å². The van der Waals surface area contributed by atoms with E-state index in [2.05, 4.69) is 11.5 Å². The number of anilines is 1. The highest BCUT2D eigenvalue weighted by atomic mass is 16.5. The molecular weight excluding hydrogens is 250 g/mol. The summed E-state index contributed by atoms with van der Waals surface area (Å²) < 4.78 is 5.32. The van der Waals surface area contributed by atoms with Gasteiger partial charge in [0.2, 0.25) is 0 Å². The SMILES string of the molecule is COc1cc(NN)ccc1/C=C(\C#N)c1ccccc1. The molecular formula is C16H15N3O. The van der Waals surface area contributed by atoms with E-state index in [1.807, 2.05) is 42.5 Å². The molecule has 3 N–H and O–H groups in total. The first-order valence-corrected chi connectivity index (χ1v) is 6.10. The minimum Gasteiger partial charge on any atom is -0.496 e. The molecule has 2 aromatic carbocycles. The molecule has 100 valence electrons. The van der Waals surface area contributed by atoms with E-state index in [1.165, 1.54) is 0 Å². The van der Waals surface area contributed by atoms with E-state index in [9.17, 15) is 5.26 Å². The zero-order valence-electron chi connectivity index (χ0n) is 11.1. The molecule has 0 radical (unpaired) electrons. The molecule has 0 saturated heterocycles. The van der Waals surface area contributed by atoms with Gasteiger partial charge in [0.15, 0.2) is 0 Å². The highest BCUT2D eigenvalue weighted by Crippen LogP contribution is 2.27. The lowest BCUT2D eigenvalue weighted by atomic mass is 10.0. The molecule has 0 amide bonds. The van der Waals surface area contributed by atoms with Crippen molar-refractivity contribution in [3.8, 4) is 11.8 Å². The van der Waals surface area contributed by atoms with Crippen LogP contribution in [0.3, 0.4) is 0 Å². The van der Waals surface area contributed by atoms with Crippen molar-refractivity contribution in [1.82, 2.24) is 0 Å². The number of rotatable bonds is 4. The van der Waals surface area contributed by atoms with Crippen LogP contribution < -0.4 is 16.0 Å². The lowest BCUT2D eigenvalue weighted by molar-refractivity contribution is 0.414. The van der Waals surface area contributed by atoms with Gasteiger partial charge in [-0.25, -0.2) is 0 Å². The summed E-state index contributed by atoms with van der Waals surface area (Å²) in [6.07, 6.45) is 1.80. The zero-order valence-corrected chi connectivity index (χ0v) is 11.1.